The summed E-state index contributed by atoms with van der Waals surface area (Å²) in [7, 11) is 0. The van der Waals surface area contributed by atoms with Gasteiger partial charge >= 0.3 is 6.09 Å². The Labute approximate surface area is 106 Å². The standard InChI is InChI=1S/C13H19NO4/c1-9-10(6-8-17-9)11(5-7-15)14-12(16)18-13(2,3)4/h6-8,11H,5H2,1-4H3,(H,14,16)/t11-/m0/s1. The number of carbonyl (C=O) groups is 2. The minimum Gasteiger partial charge on any atom is -0.469 e. The van der Waals surface area contributed by atoms with Crippen molar-refractivity contribution in [3.8, 4) is 0 Å². The maximum Gasteiger partial charge on any atom is 0.408 e. The number of furan rings is 1. The van der Waals surface area contributed by atoms with Crippen LogP contribution in [0.5, 0.6) is 0 Å². The first kappa shape index (κ1) is 14.3. The van der Waals surface area contributed by atoms with Gasteiger partial charge in [-0.15, -0.1) is 0 Å². The van der Waals surface area contributed by atoms with Crippen LogP contribution in [0.1, 0.15) is 44.6 Å². The number of aryl methyl sites for hydroxylation is 1. The third-order valence-electron chi connectivity index (χ3n) is 2.30. The molecule has 0 bridgehead atoms. The van der Waals surface area contributed by atoms with Crippen LogP contribution in [0.25, 0.3) is 0 Å². The number of hydrogen-bond donors (Lipinski definition) is 1. The molecule has 0 radical (unpaired) electrons. The molecule has 5 nitrogen and oxygen atoms in total. The van der Waals surface area contributed by atoms with E-state index >= 15 is 0 Å². The van der Waals surface area contributed by atoms with E-state index in [0.717, 1.165) is 11.8 Å². The summed E-state index contributed by atoms with van der Waals surface area (Å²) in [6, 6.07) is 1.32. The minimum atomic E-state index is -0.568. The lowest BCUT2D eigenvalue weighted by atomic mass is 10.1. The highest BCUT2D eigenvalue weighted by Crippen LogP contribution is 2.21. The van der Waals surface area contributed by atoms with Crippen LogP contribution in [0.3, 0.4) is 0 Å². The van der Waals surface area contributed by atoms with Crippen LogP contribution >= 0.6 is 0 Å². The molecule has 1 aromatic rings. The highest BCUT2D eigenvalue weighted by Gasteiger charge is 2.22. The molecular formula is C13H19NO4. The molecule has 1 aromatic heterocycles. The van der Waals surface area contributed by atoms with Crippen molar-refractivity contribution in [1.29, 1.82) is 0 Å². The first-order valence-electron chi connectivity index (χ1n) is 5.80. The van der Waals surface area contributed by atoms with Gasteiger partial charge in [0, 0.05) is 12.0 Å². The van der Waals surface area contributed by atoms with Crippen molar-refractivity contribution in [2.24, 2.45) is 0 Å². The summed E-state index contributed by atoms with van der Waals surface area (Å²) in [5.41, 5.74) is 0.217. The van der Waals surface area contributed by atoms with Crippen LogP contribution in [0.4, 0.5) is 4.79 Å². The van der Waals surface area contributed by atoms with Crippen LogP contribution in [-0.4, -0.2) is 18.0 Å². The van der Waals surface area contributed by atoms with Crippen LogP contribution in [0, 0.1) is 6.92 Å². The molecule has 0 aliphatic rings. The average Bonchev–Trinajstić information content (AvgIpc) is 2.60. The number of nitrogens with one attached hydrogen (secondary N) is 1. The molecule has 0 aliphatic heterocycles. The van der Waals surface area contributed by atoms with Crippen molar-refractivity contribution < 1.29 is 18.7 Å². The molecule has 1 amide bonds. The van der Waals surface area contributed by atoms with Crippen LogP contribution in [-0.2, 0) is 9.53 Å². The van der Waals surface area contributed by atoms with Crippen molar-refractivity contribution >= 4 is 12.4 Å². The quantitative estimate of drug-likeness (QED) is 0.838. The van der Waals surface area contributed by atoms with Crippen molar-refractivity contribution in [2.75, 3.05) is 0 Å². The summed E-state index contributed by atoms with van der Waals surface area (Å²) in [6.45, 7) is 7.13. The van der Waals surface area contributed by atoms with E-state index in [1.807, 2.05) is 0 Å². The largest absolute Gasteiger partial charge is 0.469 e. The molecule has 0 fully saturated rings. The molecule has 0 aromatic carbocycles. The molecular weight excluding hydrogens is 234 g/mol. The first-order valence-corrected chi connectivity index (χ1v) is 5.80. The fourth-order valence-electron chi connectivity index (χ4n) is 1.57. The van der Waals surface area contributed by atoms with Gasteiger partial charge in [-0.3, -0.25) is 0 Å². The number of ether oxygens (including phenoxy) is 1. The Morgan fingerprint density at radius 3 is 2.67 bits per heavy atom. The maximum absolute atomic E-state index is 11.7. The highest BCUT2D eigenvalue weighted by atomic mass is 16.6. The SMILES string of the molecule is Cc1occc1[C@H](CC=O)NC(=O)OC(C)(C)C. The van der Waals surface area contributed by atoms with Gasteiger partial charge in [0.05, 0.1) is 12.3 Å². The number of aldehydes is 1. The zero-order chi connectivity index (χ0) is 13.8. The lowest BCUT2D eigenvalue weighted by Crippen LogP contribution is -2.35. The third kappa shape index (κ3) is 4.24. The molecule has 1 rings (SSSR count). The Hall–Kier alpha value is -1.78. The molecule has 0 aliphatic carbocycles. The zero-order valence-electron chi connectivity index (χ0n) is 11.1. The Kier molecular flexibility index (Phi) is 4.53. The minimum absolute atomic E-state index is 0.180. The predicted molar refractivity (Wildman–Crippen MR) is 66.2 cm³/mol. The van der Waals surface area contributed by atoms with Gasteiger partial charge < -0.3 is 19.3 Å². The number of alkyl carbamates (subject to hydrolysis) is 1. The number of carbonyl (C=O) groups excluding carboxylic acids is 2. The fraction of sp³-hybridized carbons (Fsp3) is 0.538. The van der Waals surface area contributed by atoms with Gasteiger partial charge in [-0.1, -0.05) is 0 Å². The third-order valence-corrected chi connectivity index (χ3v) is 2.30. The summed E-state index contributed by atoms with van der Waals surface area (Å²) >= 11 is 0. The van der Waals surface area contributed by atoms with E-state index in [4.69, 9.17) is 9.15 Å². The second-order valence-electron chi connectivity index (χ2n) is 5.03. The monoisotopic (exact) mass is 253 g/mol. The van der Waals surface area contributed by atoms with E-state index in [0.29, 0.717) is 5.76 Å². The topological polar surface area (TPSA) is 68.5 Å². The normalized spacial score (nSPS) is 12.9. The molecule has 0 saturated heterocycles. The van der Waals surface area contributed by atoms with Gasteiger partial charge in [0.2, 0.25) is 0 Å². The maximum atomic E-state index is 11.7. The van der Waals surface area contributed by atoms with E-state index in [2.05, 4.69) is 5.32 Å². The molecule has 1 N–H and O–H groups in total. The van der Waals surface area contributed by atoms with Crippen molar-refractivity contribution in [3.63, 3.8) is 0 Å². The Balaban J connectivity index is 2.73. The average molecular weight is 253 g/mol. The summed E-state index contributed by atoms with van der Waals surface area (Å²) < 4.78 is 10.3. The smallest absolute Gasteiger partial charge is 0.408 e. The van der Waals surface area contributed by atoms with E-state index < -0.39 is 17.7 Å². The van der Waals surface area contributed by atoms with Gasteiger partial charge in [0.25, 0.3) is 0 Å². The second kappa shape index (κ2) is 5.71. The Bertz CT molecular complexity index is 417. The predicted octanol–water partition coefficient (Wildman–Crippen LogP) is 2.74. The van der Waals surface area contributed by atoms with Crippen molar-refractivity contribution in [2.45, 2.75) is 45.8 Å². The van der Waals surface area contributed by atoms with Gasteiger partial charge in [-0.2, -0.15) is 0 Å². The van der Waals surface area contributed by atoms with E-state index in [9.17, 15) is 9.59 Å². The van der Waals surface area contributed by atoms with Gasteiger partial charge in [0.1, 0.15) is 17.6 Å². The number of amides is 1. The number of rotatable bonds is 4. The second-order valence-corrected chi connectivity index (χ2v) is 5.03. The Morgan fingerprint density at radius 2 is 2.22 bits per heavy atom. The van der Waals surface area contributed by atoms with Crippen LogP contribution in [0.15, 0.2) is 16.7 Å². The van der Waals surface area contributed by atoms with Crippen LogP contribution in [0.2, 0.25) is 0 Å². The molecule has 1 heterocycles. The van der Waals surface area contributed by atoms with E-state index in [1.165, 1.54) is 6.26 Å². The summed E-state index contributed by atoms with van der Waals surface area (Å²) in [4.78, 5) is 22.3. The Morgan fingerprint density at radius 1 is 1.56 bits per heavy atom. The lowest BCUT2D eigenvalue weighted by molar-refractivity contribution is -0.108. The van der Waals surface area contributed by atoms with Crippen molar-refractivity contribution in [3.05, 3.63) is 23.7 Å². The van der Waals surface area contributed by atoms with E-state index in [-0.39, 0.29) is 6.42 Å². The summed E-state index contributed by atoms with van der Waals surface area (Å²) in [5, 5.41) is 2.67. The molecule has 100 valence electrons. The van der Waals surface area contributed by atoms with Crippen LogP contribution < -0.4 is 5.32 Å². The van der Waals surface area contributed by atoms with Gasteiger partial charge in [0.15, 0.2) is 0 Å². The molecule has 0 unspecified atom stereocenters. The summed E-state index contributed by atoms with van der Waals surface area (Å²) in [5.74, 6) is 0.679. The molecule has 1 atom stereocenters. The zero-order valence-corrected chi connectivity index (χ0v) is 11.1. The lowest BCUT2D eigenvalue weighted by Gasteiger charge is -2.22. The van der Waals surface area contributed by atoms with Gasteiger partial charge in [-0.05, 0) is 33.8 Å². The number of hydrogen-bond acceptors (Lipinski definition) is 4. The molecule has 18 heavy (non-hydrogen) atoms. The molecule has 5 heteroatoms. The first-order chi connectivity index (χ1) is 8.33. The van der Waals surface area contributed by atoms with Gasteiger partial charge in [-0.25, -0.2) is 4.79 Å². The molecule has 0 spiro atoms. The summed E-state index contributed by atoms with van der Waals surface area (Å²) in [6.07, 6.45) is 1.92. The molecule has 0 saturated carbocycles. The van der Waals surface area contributed by atoms with E-state index in [1.54, 1.807) is 33.8 Å². The highest BCUT2D eigenvalue weighted by molar-refractivity contribution is 5.69. The van der Waals surface area contributed by atoms with Crippen molar-refractivity contribution in [1.82, 2.24) is 5.32 Å². The fourth-order valence-corrected chi connectivity index (χ4v) is 1.57.